The van der Waals surface area contributed by atoms with Crippen molar-refractivity contribution in [1.29, 1.82) is 0 Å². The highest BCUT2D eigenvalue weighted by Gasteiger charge is 2.32. The van der Waals surface area contributed by atoms with E-state index in [2.05, 4.69) is 0 Å². The summed E-state index contributed by atoms with van der Waals surface area (Å²) in [6, 6.07) is 4.25. The largest absolute Gasteiger partial charge is 0.497 e. The molecule has 6 nitrogen and oxygen atoms in total. The molecule has 1 aliphatic heterocycles. The van der Waals surface area contributed by atoms with E-state index in [0.717, 1.165) is 0 Å². The van der Waals surface area contributed by atoms with Gasteiger partial charge in [-0.1, -0.05) is 0 Å². The van der Waals surface area contributed by atoms with E-state index in [1.807, 2.05) is 0 Å². The monoisotopic (exact) mass is 293 g/mol. The van der Waals surface area contributed by atoms with E-state index in [-0.39, 0.29) is 5.78 Å². The van der Waals surface area contributed by atoms with Gasteiger partial charge in [-0.15, -0.1) is 0 Å². The average Bonchev–Trinajstić information content (AvgIpc) is 2.49. The van der Waals surface area contributed by atoms with Gasteiger partial charge in [0, 0.05) is 31.5 Å². The number of ether oxygens (including phenoxy) is 2. The minimum Gasteiger partial charge on any atom is -0.497 e. The molecule has 0 spiro atoms. The van der Waals surface area contributed by atoms with Crippen LogP contribution >= 0.6 is 0 Å². The van der Waals surface area contributed by atoms with Crippen molar-refractivity contribution in [3.63, 3.8) is 0 Å². The Morgan fingerprint density at radius 3 is 2.43 bits per heavy atom. The Kier molecular flexibility index (Phi) is 4.80. The molecule has 0 bridgehead atoms. The minimum atomic E-state index is -0.962. The highest BCUT2D eigenvalue weighted by atomic mass is 16.5. The van der Waals surface area contributed by atoms with Crippen LogP contribution in [0.25, 0.3) is 0 Å². The molecule has 6 heteroatoms. The summed E-state index contributed by atoms with van der Waals surface area (Å²) in [6.07, 6.45) is 0.770. The number of likely N-dealkylation sites (tertiary alicyclic amines) is 1. The van der Waals surface area contributed by atoms with Gasteiger partial charge in [-0.2, -0.15) is 0 Å². The first-order chi connectivity index (χ1) is 10.1. The predicted octanol–water partition coefficient (Wildman–Crippen LogP) is 1.49. The second-order valence-corrected chi connectivity index (χ2v) is 4.92. The van der Waals surface area contributed by atoms with Crippen molar-refractivity contribution in [3.05, 3.63) is 23.8 Å². The van der Waals surface area contributed by atoms with Gasteiger partial charge in [0.05, 0.1) is 14.2 Å². The fourth-order valence-corrected chi connectivity index (χ4v) is 2.57. The molecule has 1 aliphatic rings. The lowest BCUT2D eigenvalue weighted by atomic mass is 10.00. The normalized spacial score (nSPS) is 17.3. The molecule has 1 heterocycles. The maximum absolute atomic E-state index is 11.7. The van der Waals surface area contributed by atoms with Gasteiger partial charge in [0.2, 0.25) is 0 Å². The van der Waals surface area contributed by atoms with Gasteiger partial charge >= 0.3 is 5.97 Å². The Hall–Kier alpha value is -2.08. The van der Waals surface area contributed by atoms with Crippen LogP contribution in [-0.2, 0) is 9.59 Å². The van der Waals surface area contributed by atoms with E-state index in [1.165, 1.54) is 14.2 Å². The zero-order chi connectivity index (χ0) is 15.4. The van der Waals surface area contributed by atoms with E-state index in [9.17, 15) is 14.7 Å². The maximum Gasteiger partial charge on any atom is 0.325 e. The van der Waals surface area contributed by atoms with Crippen molar-refractivity contribution < 1.29 is 24.2 Å². The third kappa shape index (κ3) is 3.33. The van der Waals surface area contributed by atoms with Crippen molar-refractivity contribution in [2.75, 3.05) is 27.3 Å². The summed E-state index contributed by atoms with van der Waals surface area (Å²) in [5.74, 6) is 0.286. The molecule has 1 atom stereocenters. The number of rotatable bonds is 5. The fraction of sp³-hybridized carbons (Fsp3) is 0.467. The molecule has 0 radical (unpaired) electrons. The van der Waals surface area contributed by atoms with Gasteiger partial charge < -0.3 is 14.6 Å². The number of methoxy groups -OCH3 is 2. The van der Waals surface area contributed by atoms with Crippen LogP contribution in [0.4, 0.5) is 0 Å². The highest BCUT2D eigenvalue weighted by Crippen LogP contribution is 2.34. The summed E-state index contributed by atoms with van der Waals surface area (Å²) in [5.41, 5.74) is 0.540. The molecule has 1 aromatic rings. The van der Waals surface area contributed by atoms with Crippen molar-refractivity contribution in [2.45, 2.75) is 18.9 Å². The Morgan fingerprint density at radius 2 is 1.90 bits per heavy atom. The smallest absolute Gasteiger partial charge is 0.325 e. The number of hydrogen-bond acceptors (Lipinski definition) is 5. The number of ketones is 1. The van der Waals surface area contributed by atoms with Crippen molar-refractivity contribution >= 4 is 11.8 Å². The number of carbonyl (C=O) groups excluding carboxylic acids is 1. The van der Waals surface area contributed by atoms with Gasteiger partial charge in [0.15, 0.2) is 0 Å². The topological polar surface area (TPSA) is 76.1 Å². The van der Waals surface area contributed by atoms with E-state index >= 15 is 0 Å². The van der Waals surface area contributed by atoms with E-state index < -0.39 is 12.0 Å². The Balaban J connectivity index is 2.37. The molecular weight excluding hydrogens is 274 g/mol. The van der Waals surface area contributed by atoms with Crippen LogP contribution in [0.3, 0.4) is 0 Å². The number of piperidine rings is 1. The van der Waals surface area contributed by atoms with Crippen LogP contribution in [0.2, 0.25) is 0 Å². The molecular formula is C15H19NO5. The van der Waals surface area contributed by atoms with Crippen LogP contribution in [0, 0.1) is 0 Å². The molecule has 0 amide bonds. The number of hydrogen-bond donors (Lipinski definition) is 1. The molecule has 114 valence electrons. The number of aliphatic carboxylic acids is 1. The van der Waals surface area contributed by atoms with Gasteiger partial charge in [-0.05, 0) is 18.2 Å². The number of Topliss-reactive ketones (excluding diaryl/α,β-unsaturated/α-hetero) is 1. The van der Waals surface area contributed by atoms with E-state index in [0.29, 0.717) is 43.0 Å². The summed E-state index contributed by atoms with van der Waals surface area (Å²) in [7, 11) is 3.03. The maximum atomic E-state index is 11.7. The summed E-state index contributed by atoms with van der Waals surface area (Å²) in [5, 5.41) is 9.61. The molecule has 1 unspecified atom stereocenters. The van der Waals surface area contributed by atoms with Crippen LogP contribution < -0.4 is 9.47 Å². The molecule has 1 fully saturated rings. The summed E-state index contributed by atoms with van der Waals surface area (Å²) in [6.45, 7) is 0.881. The van der Waals surface area contributed by atoms with Crippen LogP contribution in [0.5, 0.6) is 11.5 Å². The summed E-state index contributed by atoms with van der Waals surface area (Å²) in [4.78, 5) is 24.9. The first kappa shape index (κ1) is 15.3. The molecule has 0 aromatic heterocycles. The number of carbonyl (C=O) groups is 2. The number of carboxylic acids is 1. The Morgan fingerprint density at radius 1 is 1.24 bits per heavy atom. The number of benzene rings is 1. The minimum absolute atomic E-state index is 0.174. The second kappa shape index (κ2) is 6.58. The van der Waals surface area contributed by atoms with Crippen LogP contribution in [-0.4, -0.2) is 49.1 Å². The lowest BCUT2D eigenvalue weighted by Crippen LogP contribution is -2.40. The van der Waals surface area contributed by atoms with Crippen molar-refractivity contribution in [1.82, 2.24) is 4.90 Å². The quantitative estimate of drug-likeness (QED) is 0.886. The molecule has 2 rings (SSSR count). The molecule has 1 N–H and O–H groups in total. The van der Waals surface area contributed by atoms with Crippen molar-refractivity contribution in [3.8, 4) is 11.5 Å². The first-order valence-electron chi connectivity index (χ1n) is 6.77. The summed E-state index contributed by atoms with van der Waals surface area (Å²) < 4.78 is 10.4. The Bertz CT molecular complexity index is 533. The Labute approximate surface area is 123 Å². The molecule has 0 aliphatic carbocycles. The third-order valence-corrected chi connectivity index (χ3v) is 3.69. The van der Waals surface area contributed by atoms with Gasteiger partial charge in [-0.3, -0.25) is 14.5 Å². The van der Waals surface area contributed by atoms with Gasteiger partial charge in [-0.25, -0.2) is 0 Å². The first-order valence-corrected chi connectivity index (χ1v) is 6.77. The van der Waals surface area contributed by atoms with E-state index in [4.69, 9.17) is 9.47 Å². The zero-order valence-corrected chi connectivity index (χ0v) is 12.2. The predicted molar refractivity (Wildman–Crippen MR) is 75.7 cm³/mol. The average molecular weight is 293 g/mol. The van der Waals surface area contributed by atoms with Gasteiger partial charge in [0.1, 0.15) is 23.3 Å². The molecule has 21 heavy (non-hydrogen) atoms. The van der Waals surface area contributed by atoms with Crippen LogP contribution in [0.15, 0.2) is 18.2 Å². The van der Waals surface area contributed by atoms with Crippen LogP contribution in [0.1, 0.15) is 24.4 Å². The SMILES string of the molecule is COc1ccc(OC)c(C(C(=O)O)N2CCC(=O)CC2)c1. The van der Waals surface area contributed by atoms with E-state index in [1.54, 1.807) is 23.1 Å². The lowest BCUT2D eigenvalue weighted by Gasteiger charge is -2.32. The lowest BCUT2D eigenvalue weighted by molar-refractivity contribution is -0.145. The number of nitrogens with zero attached hydrogens (tertiary/aromatic N) is 1. The van der Waals surface area contributed by atoms with Crippen molar-refractivity contribution in [2.24, 2.45) is 0 Å². The zero-order valence-electron chi connectivity index (χ0n) is 12.2. The molecule has 0 saturated carbocycles. The second-order valence-electron chi connectivity index (χ2n) is 4.92. The fourth-order valence-electron chi connectivity index (χ4n) is 2.57. The third-order valence-electron chi connectivity index (χ3n) is 3.69. The standard InChI is InChI=1S/C15H19NO5/c1-20-11-3-4-13(21-2)12(9-11)14(15(18)19)16-7-5-10(17)6-8-16/h3-4,9,14H,5-8H2,1-2H3,(H,18,19). The van der Waals surface area contributed by atoms with Gasteiger partial charge in [0.25, 0.3) is 0 Å². The molecule has 1 aromatic carbocycles. The number of carboxylic acid groups (broad SMARTS) is 1. The summed E-state index contributed by atoms with van der Waals surface area (Å²) >= 11 is 0. The highest BCUT2D eigenvalue weighted by molar-refractivity contribution is 5.81. The molecule has 1 saturated heterocycles.